The number of halogens is 3. The first-order chi connectivity index (χ1) is 16.4. The number of piperazine rings is 1. The van der Waals surface area contributed by atoms with Crippen molar-refractivity contribution in [1.29, 1.82) is 0 Å². The van der Waals surface area contributed by atoms with E-state index in [0.717, 1.165) is 6.04 Å². The summed E-state index contributed by atoms with van der Waals surface area (Å²) in [6.45, 7) is 12.0. The average molecular weight is 570 g/mol. The second-order valence-corrected chi connectivity index (χ2v) is 17.0. The van der Waals surface area contributed by atoms with Gasteiger partial charge in [-0.25, -0.2) is 13.8 Å². The molecule has 2 atom stereocenters. The molecule has 1 aromatic carbocycles. The van der Waals surface area contributed by atoms with E-state index < -0.39 is 26.5 Å². The van der Waals surface area contributed by atoms with Crippen LogP contribution in [0.2, 0.25) is 25.7 Å². The lowest BCUT2D eigenvalue weighted by molar-refractivity contribution is 0.102. The summed E-state index contributed by atoms with van der Waals surface area (Å²) in [6.07, 6.45) is 1.34. The van der Waals surface area contributed by atoms with Crippen molar-refractivity contribution < 1.29 is 18.3 Å². The second-order valence-electron chi connectivity index (χ2n) is 10.5. The van der Waals surface area contributed by atoms with Crippen LogP contribution in [0.25, 0.3) is 0 Å². The fourth-order valence-corrected chi connectivity index (χ4v) is 5.08. The van der Waals surface area contributed by atoms with Crippen LogP contribution in [0.15, 0.2) is 28.9 Å². The van der Waals surface area contributed by atoms with Gasteiger partial charge in [0.1, 0.15) is 12.5 Å². The lowest BCUT2D eigenvalue weighted by Crippen LogP contribution is -2.55. The highest BCUT2D eigenvalue weighted by Gasteiger charge is 2.29. The van der Waals surface area contributed by atoms with Crippen molar-refractivity contribution in [2.24, 2.45) is 0 Å². The molecule has 2 aromatic rings. The number of carbonyl (C=O) groups excluding carboxylic acids is 1. The van der Waals surface area contributed by atoms with Gasteiger partial charge in [-0.05, 0) is 48.9 Å². The highest BCUT2D eigenvalue weighted by atomic mass is 79.9. The predicted molar refractivity (Wildman–Crippen MR) is 144 cm³/mol. The Morgan fingerprint density at radius 3 is 2.49 bits per heavy atom. The summed E-state index contributed by atoms with van der Waals surface area (Å²) < 4.78 is 34.3. The van der Waals surface area contributed by atoms with Crippen LogP contribution >= 0.6 is 15.9 Å². The molecule has 1 aliphatic rings. The van der Waals surface area contributed by atoms with E-state index in [2.05, 4.69) is 76.6 Å². The summed E-state index contributed by atoms with van der Waals surface area (Å²) in [4.78, 5) is 21.7. The largest absolute Gasteiger partial charge is 0.478 e. The van der Waals surface area contributed by atoms with Crippen molar-refractivity contribution in [1.82, 2.24) is 9.88 Å². The molecule has 0 bridgehead atoms. The van der Waals surface area contributed by atoms with Crippen molar-refractivity contribution in [3.05, 3.63) is 45.8 Å². The van der Waals surface area contributed by atoms with Gasteiger partial charge < -0.3 is 15.0 Å². The number of benzene rings is 1. The molecule has 192 valence electrons. The average Bonchev–Trinajstić information content (AvgIpc) is 2.78. The molecule has 35 heavy (non-hydrogen) atoms. The molecule has 1 fully saturated rings. The van der Waals surface area contributed by atoms with Crippen molar-refractivity contribution in [3.8, 4) is 5.88 Å². The molecule has 0 spiro atoms. The van der Waals surface area contributed by atoms with Crippen molar-refractivity contribution in [2.45, 2.75) is 58.3 Å². The summed E-state index contributed by atoms with van der Waals surface area (Å²) in [6, 6.07) is 5.91. The fourth-order valence-electron chi connectivity index (χ4n) is 4.02. The van der Waals surface area contributed by atoms with Crippen LogP contribution in [0.4, 0.5) is 20.2 Å². The smallest absolute Gasteiger partial charge is 0.257 e. The quantitative estimate of drug-likeness (QED) is 0.399. The third-order valence-corrected chi connectivity index (χ3v) is 8.75. The molecule has 1 aliphatic heterocycles. The van der Waals surface area contributed by atoms with E-state index >= 15 is 0 Å². The van der Waals surface area contributed by atoms with Gasteiger partial charge in [-0.15, -0.1) is 0 Å². The first kappa shape index (κ1) is 27.5. The van der Waals surface area contributed by atoms with Crippen LogP contribution in [0, 0.1) is 5.82 Å². The molecule has 3 rings (SSSR count). The zero-order valence-corrected chi connectivity index (χ0v) is 23.9. The van der Waals surface area contributed by atoms with Crippen LogP contribution in [0.3, 0.4) is 0 Å². The molecule has 2 heterocycles. The Hall–Kier alpha value is -2.04. The number of pyridine rings is 1. The van der Waals surface area contributed by atoms with Gasteiger partial charge in [-0.3, -0.25) is 9.69 Å². The number of carbonyl (C=O) groups is 1. The molecule has 1 N–H and O–H groups in total. The highest BCUT2D eigenvalue weighted by Crippen LogP contribution is 2.34. The number of nitrogens with one attached hydrogen (secondary N) is 1. The standard InChI is InChI=1S/C25H35BrF2N4O2Si/c1-16-14-32(15-17(2)31(16)3)23-11-21(28)20(26)10-22(23)30-25(33)19-13-29-24(9-18(19)12-27)34-7-8-35(4,5)6/h9-11,13,16-17H,7-8,12,14-15H2,1-6H3,(H,30,33)/t16-,17+. The Labute approximate surface area is 216 Å². The normalized spacial score (nSPS) is 19.1. The summed E-state index contributed by atoms with van der Waals surface area (Å²) in [7, 11) is 0.796. The Morgan fingerprint density at radius 1 is 1.23 bits per heavy atom. The number of alkyl halides is 1. The zero-order chi connectivity index (χ0) is 25.9. The van der Waals surface area contributed by atoms with Gasteiger partial charge in [0.15, 0.2) is 0 Å². The minimum Gasteiger partial charge on any atom is -0.478 e. The number of anilines is 2. The topological polar surface area (TPSA) is 57.7 Å². The molecule has 1 saturated heterocycles. The van der Waals surface area contributed by atoms with E-state index in [-0.39, 0.29) is 27.7 Å². The van der Waals surface area contributed by atoms with E-state index in [1.165, 1.54) is 18.3 Å². The summed E-state index contributed by atoms with van der Waals surface area (Å²) in [5.41, 5.74) is 1.36. The molecule has 0 saturated carbocycles. The zero-order valence-electron chi connectivity index (χ0n) is 21.3. The molecular weight excluding hydrogens is 534 g/mol. The third kappa shape index (κ3) is 7.01. The minimum atomic E-state index is -1.27. The minimum absolute atomic E-state index is 0.122. The van der Waals surface area contributed by atoms with Crippen LogP contribution < -0.4 is 15.0 Å². The van der Waals surface area contributed by atoms with Crippen molar-refractivity contribution >= 4 is 41.3 Å². The second kappa shape index (κ2) is 11.3. The van der Waals surface area contributed by atoms with Gasteiger partial charge in [-0.1, -0.05) is 19.6 Å². The Balaban J connectivity index is 1.83. The Kier molecular flexibility index (Phi) is 8.93. The number of hydrogen-bond donors (Lipinski definition) is 1. The van der Waals surface area contributed by atoms with E-state index in [0.29, 0.717) is 37.0 Å². The van der Waals surface area contributed by atoms with Crippen molar-refractivity contribution in [3.63, 3.8) is 0 Å². The number of rotatable bonds is 8. The number of hydrogen-bond acceptors (Lipinski definition) is 5. The maximum absolute atomic E-state index is 14.5. The number of nitrogens with zero attached hydrogens (tertiary/aromatic N) is 3. The van der Waals surface area contributed by atoms with Gasteiger partial charge in [0.05, 0.1) is 28.0 Å². The van der Waals surface area contributed by atoms with Crippen LogP contribution in [0.5, 0.6) is 5.88 Å². The Bertz CT molecular complexity index is 1050. The fraction of sp³-hybridized carbons (Fsp3) is 0.520. The SMILES string of the molecule is C[C@@H]1CN(c2cc(F)c(Br)cc2NC(=O)c2cnc(OCC[Si](C)(C)C)cc2CF)C[C@H](C)N1C. The predicted octanol–water partition coefficient (Wildman–Crippen LogP) is 5.95. The van der Waals surface area contributed by atoms with Gasteiger partial charge in [0.2, 0.25) is 5.88 Å². The van der Waals surface area contributed by atoms with Gasteiger partial charge >= 0.3 is 0 Å². The maximum Gasteiger partial charge on any atom is 0.257 e. The molecule has 10 heteroatoms. The highest BCUT2D eigenvalue weighted by molar-refractivity contribution is 9.10. The molecule has 0 unspecified atom stereocenters. The van der Waals surface area contributed by atoms with E-state index in [9.17, 15) is 13.6 Å². The number of amides is 1. The number of aromatic nitrogens is 1. The monoisotopic (exact) mass is 568 g/mol. The van der Waals surface area contributed by atoms with Crippen LogP contribution in [0.1, 0.15) is 29.8 Å². The van der Waals surface area contributed by atoms with Crippen LogP contribution in [-0.4, -0.2) is 62.7 Å². The molecule has 6 nitrogen and oxygen atoms in total. The van der Waals surface area contributed by atoms with E-state index in [4.69, 9.17) is 4.74 Å². The lowest BCUT2D eigenvalue weighted by Gasteiger charge is -2.44. The number of likely N-dealkylation sites (N-methyl/N-ethyl adjacent to an activating group) is 1. The van der Waals surface area contributed by atoms with Crippen molar-refractivity contribution in [2.75, 3.05) is 37.0 Å². The van der Waals surface area contributed by atoms with Gasteiger partial charge in [0.25, 0.3) is 5.91 Å². The van der Waals surface area contributed by atoms with E-state index in [1.54, 1.807) is 6.07 Å². The molecular formula is C25H35BrF2N4O2Si. The maximum atomic E-state index is 14.5. The first-order valence-electron chi connectivity index (χ1n) is 11.8. The number of ether oxygens (including phenoxy) is 1. The van der Waals surface area contributed by atoms with Gasteiger partial charge in [0, 0.05) is 57.1 Å². The molecule has 1 amide bonds. The van der Waals surface area contributed by atoms with E-state index in [1.807, 2.05) is 0 Å². The first-order valence-corrected chi connectivity index (χ1v) is 16.3. The molecule has 1 aromatic heterocycles. The molecule has 0 aliphatic carbocycles. The van der Waals surface area contributed by atoms with Crippen LogP contribution in [-0.2, 0) is 6.67 Å². The lowest BCUT2D eigenvalue weighted by atomic mass is 10.1. The summed E-state index contributed by atoms with van der Waals surface area (Å²) in [5.74, 6) is -0.616. The summed E-state index contributed by atoms with van der Waals surface area (Å²) in [5, 5.41) is 2.86. The van der Waals surface area contributed by atoms with Gasteiger partial charge in [-0.2, -0.15) is 0 Å². The summed E-state index contributed by atoms with van der Waals surface area (Å²) >= 11 is 3.22. The third-order valence-electron chi connectivity index (χ3n) is 6.44. The Morgan fingerprint density at radius 2 is 1.89 bits per heavy atom. The molecule has 0 radical (unpaired) electrons.